The molecule has 1 fully saturated rings. The van der Waals surface area contributed by atoms with Crippen molar-refractivity contribution >= 4 is 23.4 Å². The number of amides is 1. The van der Waals surface area contributed by atoms with E-state index in [1.165, 1.54) is 11.1 Å². The predicted molar refractivity (Wildman–Crippen MR) is 97.5 cm³/mol. The lowest BCUT2D eigenvalue weighted by Crippen LogP contribution is -2.49. The highest BCUT2D eigenvalue weighted by Crippen LogP contribution is 2.37. The third kappa shape index (κ3) is 3.83. The second-order valence-electron chi connectivity index (χ2n) is 6.72. The molecule has 1 aromatic carbocycles. The molecule has 0 bridgehead atoms. The number of hydrogen-bond donors (Lipinski definition) is 2. The fourth-order valence-electron chi connectivity index (χ4n) is 3.31. The van der Waals surface area contributed by atoms with Gasteiger partial charge in [-0.25, -0.2) is 9.79 Å². The molecular weight excluding hydrogens is 322 g/mol. The van der Waals surface area contributed by atoms with Gasteiger partial charge in [-0.3, -0.25) is 10.0 Å². The lowest BCUT2D eigenvalue weighted by molar-refractivity contribution is -0.141. The molecule has 5 nitrogen and oxygen atoms in total. The van der Waals surface area contributed by atoms with Crippen LogP contribution in [0.3, 0.4) is 0 Å². The fourth-order valence-corrected chi connectivity index (χ4v) is 4.57. The number of likely N-dealkylation sites (tertiary alicyclic amines) is 1. The van der Waals surface area contributed by atoms with Crippen LogP contribution >= 0.6 is 11.9 Å². The number of carbonyl (C=O) groups excluding carboxylic acids is 1. The predicted octanol–water partition coefficient (Wildman–Crippen LogP) is 2.25. The van der Waals surface area contributed by atoms with Gasteiger partial charge in [-0.2, -0.15) is 0 Å². The largest absolute Gasteiger partial charge is 0.306 e. The Morgan fingerprint density at radius 1 is 1.29 bits per heavy atom. The molecular formula is C18H25N3O2S. The summed E-state index contributed by atoms with van der Waals surface area (Å²) >= 11 is 1.72. The van der Waals surface area contributed by atoms with Crippen LogP contribution in [0, 0.1) is 5.41 Å². The van der Waals surface area contributed by atoms with Gasteiger partial charge in [0.25, 0.3) is 5.91 Å². The second kappa shape index (κ2) is 7.70. The maximum Gasteiger partial charge on any atom is 0.250 e. The molecule has 0 saturated carbocycles. The molecule has 2 heterocycles. The summed E-state index contributed by atoms with van der Waals surface area (Å²) in [6, 6.07) is 10.4. The van der Waals surface area contributed by atoms with Crippen LogP contribution in [0.1, 0.15) is 18.4 Å². The Kier molecular flexibility index (Phi) is 5.61. The van der Waals surface area contributed by atoms with Gasteiger partial charge in [-0.05, 0) is 44.1 Å². The van der Waals surface area contributed by atoms with E-state index in [1.54, 1.807) is 11.9 Å². The number of carbonyl (C=O) groups is 1. The van der Waals surface area contributed by atoms with E-state index in [0.29, 0.717) is 5.75 Å². The van der Waals surface area contributed by atoms with E-state index >= 15 is 0 Å². The van der Waals surface area contributed by atoms with Gasteiger partial charge in [0.15, 0.2) is 0 Å². The standard InChI is InChI=1S/C18H25N3O2S/c1-20-11-8-18(9-12-20,17(22)19-23)14-24-21-10-7-16(13-21)15-5-3-2-4-6-15/h2-7,23H,8-14H2,1H3,(H,19,22). The molecule has 0 atom stereocenters. The van der Waals surface area contributed by atoms with E-state index in [4.69, 9.17) is 5.21 Å². The molecule has 1 amide bonds. The Morgan fingerprint density at radius 2 is 2.00 bits per heavy atom. The number of hydroxylamine groups is 1. The quantitative estimate of drug-likeness (QED) is 0.486. The molecule has 0 spiro atoms. The van der Waals surface area contributed by atoms with Gasteiger partial charge in [0.1, 0.15) is 0 Å². The van der Waals surface area contributed by atoms with Gasteiger partial charge in [0.2, 0.25) is 0 Å². The van der Waals surface area contributed by atoms with Crippen LogP contribution in [0.25, 0.3) is 5.57 Å². The summed E-state index contributed by atoms with van der Waals surface area (Å²) in [7, 11) is 2.07. The van der Waals surface area contributed by atoms with Crippen molar-refractivity contribution in [2.75, 3.05) is 39.0 Å². The average molecular weight is 347 g/mol. The number of rotatable bonds is 5. The van der Waals surface area contributed by atoms with Gasteiger partial charge >= 0.3 is 0 Å². The van der Waals surface area contributed by atoms with Crippen molar-refractivity contribution in [3.8, 4) is 0 Å². The Bertz CT molecular complexity index is 598. The summed E-state index contributed by atoms with van der Waals surface area (Å²) in [5.74, 6) is 0.474. The molecule has 3 rings (SSSR count). The Labute approximate surface area is 147 Å². The van der Waals surface area contributed by atoms with Crippen molar-refractivity contribution in [1.82, 2.24) is 14.7 Å². The van der Waals surface area contributed by atoms with Gasteiger partial charge < -0.3 is 4.90 Å². The summed E-state index contributed by atoms with van der Waals surface area (Å²) in [5, 5.41) is 9.15. The average Bonchev–Trinajstić information content (AvgIpc) is 3.11. The third-order valence-corrected chi connectivity index (χ3v) is 6.41. The van der Waals surface area contributed by atoms with Crippen molar-refractivity contribution in [2.45, 2.75) is 12.8 Å². The molecule has 2 N–H and O–H groups in total. The highest BCUT2D eigenvalue weighted by Gasteiger charge is 2.41. The minimum atomic E-state index is -0.471. The summed E-state index contributed by atoms with van der Waals surface area (Å²) in [6.45, 7) is 3.57. The lowest BCUT2D eigenvalue weighted by Gasteiger charge is -2.39. The van der Waals surface area contributed by atoms with Crippen LogP contribution in [0.2, 0.25) is 0 Å². The van der Waals surface area contributed by atoms with Gasteiger partial charge in [0, 0.05) is 18.8 Å². The van der Waals surface area contributed by atoms with Crippen molar-refractivity contribution in [3.63, 3.8) is 0 Å². The van der Waals surface area contributed by atoms with Gasteiger partial charge in [-0.1, -0.05) is 48.4 Å². The van der Waals surface area contributed by atoms with E-state index in [9.17, 15) is 4.79 Å². The molecule has 2 aliphatic rings. The molecule has 0 unspecified atom stereocenters. The number of benzene rings is 1. The number of hydrogen-bond acceptors (Lipinski definition) is 5. The first-order valence-corrected chi connectivity index (χ1v) is 9.33. The summed E-state index contributed by atoms with van der Waals surface area (Å²) in [4.78, 5) is 14.5. The van der Waals surface area contributed by atoms with Crippen LogP contribution in [0.5, 0.6) is 0 Å². The van der Waals surface area contributed by atoms with Crippen LogP contribution < -0.4 is 5.48 Å². The minimum Gasteiger partial charge on any atom is -0.306 e. The Balaban J connectivity index is 1.58. The molecule has 1 saturated heterocycles. The summed E-state index contributed by atoms with van der Waals surface area (Å²) in [6.07, 6.45) is 3.83. The molecule has 6 heteroatoms. The number of nitrogens with one attached hydrogen (secondary N) is 1. The molecule has 2 aliphatic heterocycles. The molecule has 130 valence electrons. The maximum atomic E-state index is 12.3. The topological polar surface area (TPSA) is 55.8 Å². The monoisotopic (exact) mass is 347 g/mol. The molecule has 24 heavy (non-hydrogen) atoms. The highest BCUT2D eigenvalue weighted by molar-refractivity contribution is 7.97. The third-order valence-electron chi connectivity index (χ3n) is 5.08. The normalized spacial score (nSPS) is 21.5. The van der Waals surface area contributed by atoms with Gasteiger partial charge in [-0.15, -0.1) is 0 Å². The zero-order valence-electron chi connectivity index (χ0n) is 14.1. The van der Waals surface area contributed by atoms with E-state index in [0.717, 1.165) is 39.0 Å². The SMILES string of the molecule is CN1CCC(CSN2CC=C(c3ccccc3)C2)(C(=O)NO)CC1. The van der Waals surface area contributed by atoms with E-state index in [1.807, 2.05) is 11.5 Å². The molecule has 0 aliphatic carbocycles. The first kappa shape index (κ1) is 17.5. The number of nitrogens with zero attached hydrogens (tertiary/aromatic N) is 2. The number of piperidine rings is 1. The summed E-state index contributed by atoms with van der Waals surface area (Å²) < 4.78 is 2.30. The highest BCUT2D eigenvalue weighted by atomic mass is 32.2. The zero-order chi connectivity index (χ0) is 17.0. The van der Waals surface area contributed by atoms with E-state index < -0.39 is 5.41 Å². The van der Waals surface area contributed by atoms with Crippen molar-refractivity contribution in [2.24, 2.45) is 5.41 Å². The van der Waals surface area contributed by atoms with Crippen molar-refractivity contribution in [3.05, 3.63) is 42.0 Å². The van der Waals surface area contributed by atoms with E-state index in [-0.39, 0.29) is 5.91 Å². The molecule has 0 aromatic heterocycles. The van der Waals surface area contributed by atoms with E-state index in [2.05, 4.69) is 46.6 Å². The minimum absolute atomic E-state index is 0.237. The molecule has 1 aromatic rings. The van der Waals surface area contributed by atoms with Crippen molar-refractivity contribution < 1.29 is 10.0 Å². The van der Waals surface area contributed by atoms with Crippen molar-refractivity contribution in [1.29, 1.82) is 0 Å². The molecule has 0 radical (unpaired) electrons. The van der Waals surface area contributed by atoms with Crippen LogP contribution in [0.4, 0.5) is 0 Å². The lowest BCUT2D eigenvalue weighted by atomic mass is 9.79. The zero-order valence-corrected chi connectivity index (χ0v) is 14.9. The van der Waals surface area contributed by atoms with Crippen LogP contribution in [-0.2, 0) is 4.79 Å². The van der Waals surface area contributed by atoms with Crippen LogP contribution in [0.15, 0.2) is 36.4 Å². The first-order valence-electron chi connectivity index (χ1n) is 8.38. The summed E-state index contributed by atoms with van der Waals surface area (Å²) in [5.41, 5.74) is 4.03. The fraction of sp³-hybridized carbons (Fsp3) is 0.500. The second-order valence-corrected chi connectivity index (χ2v) is 7.78. The Hall–Kier alpha value is -1.34. The first-order chi connectivity index (χ1) is 11.6. The van der Waals surface area contributed by atoms with Crippen LogP contribution in [-0.4, -0.2) is 59.3 Å². The smallest absolute Gasteiger partial charge is 0.250 e. The Morgan fingerprint density at radius 3 is 2.67 bits per heavy atom. The maximum absolute atomic E-state index is 12.3. The van der Waals surface area contributed by atoms with Gasteiger partial charge in [0.05, 0.1) is 5.41 Å².